The molecule has 2 N–H and O–H groups in total. The fourth-order valence-corrected chi connectivity index (χ4v) is 2.70. The molecule has 82 valence electrons. The molecule has 3 nitrogen and oxygen atoms in total. The Labute approximate surface area is 97.9 Å². The summed E-state index contributed by atoms with van der Waals surface area (Å²) in [5.41, 5.74) is 9.18. The Kier molecular flexibility index (Phi) is 2.11. The van der Waals surface area contributed by atoms with Crippen LogP contribution in [-0.4, -0.2) is 11.6 Å². The normalized spacial score (nSPS) is 13.6. The Morgan fingerprint density at radius 1 is 1.44 bits per heavy atom. The lowest BCUT2D eigenvalue weighted by molar-refractivity contribution is 0.357. The van der Waals surface area contributed by atoms with Crippen LogP contribution in [0.3, 0.4) is 0 Å². The highest BCUT2D eigenvalue weighted by atomic mass is 32.1. The van der Waals surface area contributed by atoms with Crippen LogP contribution in [0, 0.1) is 6.92 Å². The van der Waals surface area contributed by atoms with Crippen molar-refractivity contribution in [3.05, 3.63) is 28.8 Å². The maximum atomic E-state index is 5.94. The van der Waals surface area contributed by atoms with Crippen LogP contribution in [0.5, 0.6) is 5.75 Å². The summed E-state index contributed by atoms with van der Waals surface area (Å²) in [5.74, 6) is 0.995. The van der Waals surface area contributed by atoms with Crippen molar-refractivity contribution in [2.45, 2.75) is 13.3 Å². The topological polar surface area (TPSA) is 48.1 Å². The molecule has 0 saturated heterocycles. The predicted molar refractivity (Wildman–Crippen MR) is 65.9 cm³/mol. The van der Waals surface area contributed by atoms with E-state index in [4.69, 9.17) is 10.5 Å². The monoisotopic (exact) mass is 232 g/mol. The lowest BCUT2D eigenvalue weighted by Gasteiger charge is -2.02. The molecule has 0 bridgehead atoms. The van der Waals surface area contributed by atoms with E-state index in [1.54, 1.807) is 0 Å². The van der Waals surface area contributed by atoms with Gasteiger partial charge < -0.3 is 10.5 Å². The van der Waals surface area contributed by atoms with Crippen molar-refractivity contribution in [2.75, 3.05) is 12.3 Å². The quantitative estimate of drug-likeness (QED) is 0.822. The largest absolute Gasteiger partial charge is 0.493 e. The summed E-state index contributed by atoms with van der Waals surface area (Å²) in [6.45, 7) is 2.76. The molecule has 1 aromatic carbocycles. The number of ether oxygens (including phenoxy) is 1. The van der Waals surface area contributed by atoms with Gasteiger partial charge in [0.2, 0.25) is 0 Å². The van der Waals surface area contributed by atoms with E-state index >= 15 is 0 Å². The number of nitrogen functional groups attached to an aromatic ring is 1. The fraction of sp³-hybridized carbons (Fsp3) is 0.250. The molecule has 0 atom stereocenters. The minimum atomic E-state index is 0.782. The Hall–Kier alpha value is -1.55. The van der Waals surface area contributed by atoms with Gasteiger partial charge in [-0.1, -0.05) is 0 Å². The van der Waals surface area contributed by atoms with Crippen LogP contribution in [-0.2, 0) is 6.42 Å². The van der Waals surface area contributed by atoms with Gasteiger partial charge in [0.1, 0.15) is 16.4 Å². The van der Waals surface area contributed by atoms with E-state index in [1.165, 1.54) is 16.9 Å². The second kappa shape index (κ2) is 3.49. The van der Waals surface area contributed by atoms with E-state index in [9.17, 15) is 0 Å². The molecule has 1 aliphatic heterocycles. The zero-order valence-corrected chi connectivity index (χ0v) is 9.80. The lowest BCUT2D eigenvalue weighted by atomic mass is 10.1. The van der Waals surface area contributed by atoms with Crippen LogP contribution in [0.25, 0.3) is 11.3 Å². The van der Waals surface area contributed by atoms with E-state index in [1.807, 2.05) is 19.1 Å². The number of nitrogens with two attached hydrogens (primary N) is 1. The molecule has 1 aliphatic rings. The molecule has 0 radical (unpaired) electrons. The van der Waals surface area contributed by atoms with Gasteiger partial charge in [0.25, 0.3) is 0 Å². The van der Waals surface area contributed by atoms with Crippen molar-refractivity contribution in [1.82, 2.24) is 4.98 Å². The van der Waals surface area contributed by atoms with Crippen molar-refractivity contribution in [3.8, 4) is 17.0 Å². The van der Waals surface area contributed by atoms with Gasteiger partial charge in [-0.25, -0.2) is 4.98 Å². The van der Waals surface area contributed by atoms with E-state index in [-0.39, 0.29) is 0 Å². The minimum absolute atomic E-state index is 0.782. The van der Waals surface area contributed by atoms with Crippen LogP contribution in [0.4, 0.5) is 5.00 Å². The van der Waals surface area contributed by atoms with E-state index < -0.39 is 0 Å². The number of aryl methyl sites for hydroxylation is 1. The standard InChI is InChI=1S/C12H12N2OS/c1-7-14-11(12(13)16-7)9-2-3-10-8(6-9)4-5-15-10/h2-3,6H,4-5,13H2,1H3. The number of aromatic nitrogens is 1. The highest BCUT2D eigenvalue weighted by Gasteiger charge is 2.15. The molecule has 0 spiro atoms. The van der Waals surface area contributed by atoms with Gasteiger partial charge in [0.15, 0.2) is 0 Å². The molecule has 4 heteroatoms. The number of hydrogen-bond acceptors (Lipinski definition) is 4. The summed E-state index contributed by atoms with van der Waals surface area (Å²) < 4.78 is 5.48. The molecule has 2 aromatic rings. The van der Waals surface area contributed by atoms with Gasteiger partial charge in [0, 0.05) is 12.0 Å². The molecule has 0 saturated carbocycles. The first-order valence-electron chi connectivity index (χ1n) is 5.23. The summed E-state index contributed by atoms with van der Waals surface area (Å²) >= 11 is 1.53. The highest BCUT2D eigenvalue weighted by Crippen LogP contribution is 2.34. The molecular weight excluding hydrogens is 220 g/mol. The third-order valence-electron chi connectivity index (χ3n) is 2.72. The number of benzene rings is 1. The third-order valence-corrected chi connectivity index (χ3v) is 3.52. The first kappa shape index (κ1) is 9.66. The molecule has 0 unspecified atom stereocenters. The molecule has 0 aliphatic carbocycles. The smallest absolute Gasteiger partial charge is 0.122 e. The number of rotatable bonds is 1. The highest BCUT2D eigenvalue weighted by molar-refractivity contribution is 7.16. The fourth-order valence-electron chi connectivity index (χ4n) is 1.98. The minimum Gasteiger partial charge on any atom is -0.493 e. The van der Waals surface area contributed by atoms with Crippen molar-refractivity contribution < 1.29 is 4.74 Å². The van der Waals surface area contributed by atoms with Crippen LogP contribution in [0.15, 0.2) is 18.2 Å². The Bertz CT molecular complexity index is 548. The van der Waals surface area contributed by atoms with Crippen molar-refractivity contribution in [2.24, 2.45) is 0 Å². The summed E-state index contributed by atoms with van der Waals surface area (Å²) in [7, 11) is 0. The predicted octanol–water partition coefficient (Wildman–Crippen LogP) is 2.64. The first-order valence-corrected chi connectivity index (χ1v) is 6.05. The lowest BCUT2D eigenvalue weighted by Crippen LogP contribution is -1.87. The molecule has 3 rings (SSSR count). The Morgan fingerprint density at radius 3 is 3.06 bits per heavy atom. The number of hydrogen-bond donors (Lipinski definition) is 1. The maximum Gasteiger partial charge on any atom is 0.122 e. The second-order valence-corrected chi connectivity index (χ2v) is 5.10. The average molecular weight is 232 g/mol. The Balaban J connectivity index is 2.10. The zero-order valence-electron chi connectivity index (χ0n) is 8.99. The van der Waals surface area contributed by atoms with Crippen molar-refractivity contribution >= 4 is 16.3 Å². The van der Waals surface area contributed by atoms with Crippen LogP contribution < -0.4 is 10.5 Å². The average Bonchev–Trinajstić information content (AvgIpc) is 2.83. The van der Waals surface area contributed by atoms with Crippen LogP contribution >= 0.6 is 11.3 Å². The van der Waals surface area contributed by atoms with Gasteiger partial charge in [-0.3, -0.25) is 0 Å². The van der Waals surface area contributed by atoms with Crippen LogP contribution in [0.2, 0.25) is 0 Å². The second-order valence-electron chi connectivity index (χ2n) is 3.87. The van der Waals surface area contributed by atoms with E-state index in [0.29, 0.717) is 0 Å². The number of nitrogens with zero attached hydrogens (tertiary/aromatic N) is 1. The van der Waals surface area contributed by atoms with E-state index in [0.717, 1.165) is 40.0 Å². The van der Waals surface area contributed by atoms with Crippen molar-refractivity contribution in [3.63, 3.8) is 0 Å². The van der Waals surface area contributed by atoms with Gasteiger partial charge >= 0.3 is 0 Å². The molecule has 0 fully saturated rings. The zero-order chi connectivity index (χ0) is 11.1. The number of fused-ring (bicyclic) bond motifs is 1. The summed E-state index contributed by atoms with van der Waals surface area (Å²) in [4.78, 5) is 4.46. The van der Waals surface area contributed by atoms with Gasteiger partial charge in [-0.15, -0.1) is 11.3 Å². The third kappa shape index (κ3) is 1.46. The summed E-state index contributed by atoms with van der Waals surface area (Å²) in [6, 6.07) is 6.16. The first-order chi connectivity index (χ1) is 7.74. The molecular formula is C12H12N2OS. The number of thiazole rings is 1. The molecule has 16 heavy (non-hydrogen) atoms. The molecule has 2 heterocycles. The van der Waals surface area contributed by atoms with Crippen molar-refractivity contribution in [1.29, 1.82) is 0 Å². The van der Waals surface area contributed by atoms with Gasteiger partial charge in [0.05, 0.1) is 11.6 Å². The van der Waals surface area contributed by atoms with Crippen LogP contribution in [0.1, 0.15) is 10.6 Å². The van der Waals surface area contributed by atoms with E-state index in [2.05, 4.69) is 11.1 Å². The SMILES string of the molecule is Cc1nc(-c2ccc3c(c2)CCO3)c(N)s1. The maximum absolute atomic E-state index is 5.94. The summed E-state index contributed by atoms with van der Waals surface area (Å²) in [6.07, 6.45) is 0.978. The summed E-state index contributed by atoms with van der Waals surface area (Å²) in [5, 5.41) is 1.79. The van der Waals surface area contributed by atoms with Gasteiger partial charge in [-0.05, 0) is 30.7 Å². The van der Waals surface area contributed by atoms with Gasteiger partial charge in [-0.2, -0.15) is 0 Å². The Morgan fingerprint density at radius 2 is 2.31 bits per heavy atom. The molecule has 1 aromatic heterocycles. The molecule has 0 amide bonds. The number of anilines is 1.